The smallest absolute Gasteiger partial charge is 0.339 e. The number of anilines is 1. The highest BCUT2D eigenvalue weighted by atomic mass is 35.5. The molecule has 68 valence electrons. The maximum atomic E-state index is 10.8. The van der Waals surface area contributed by atoms with Gasteiger partial charge in [-0.2, -0.15) is 0 Å². The van der Waals surface area contributed by atoms with Gasteiger partial charge in [0.15, 0.2) is 0 Å². The second kappa shape index (κ2) is 5.22. The average Bonchev–Trinajstić information content (AvgIpc) is 2.17. The SMILES string of the molecule is O=C(/C=C\Cl)ONc1ccccc1. The van der Waals surface area contributed by atoms with Crippen molar-refractivity contribution >= 4 is 23.3 Å². The molecule has 3 nitrogen and oxygen atoms in total. The molecule has 0 unspecified atom stereocenters. The summed E-state index contributed by atoms with van der Waals surface area (Å²) < 4.78 is 0. The monoisotopic (exact) mass is 197 g/mol. The highest BCUT2D eigenvalue weighted by Crippen LogP contribution is 2.04. The molecule has 0 saturated heterocycles. The zero-order valence-electron chi connectivity index (χ0n) is 6.74. The van der Waals surface area contributed by atoms with Crippen molar-refractivity contribution in [3.63, 3.8) is 0 Å². The predicted octanol–water partition coefficient (Wildman–Crippen LogP) is 2.31. The van der Waals surface area contributed by atoms with Crippen LogP contribution in [0.15, 0.2) is 41.9 Å². The van der Waals surface area contributed by atoms with Crippen molar-refractivity contribution in [2.75, 3.05) is 5.48 Å². The molecule has 13 heavy (non-hydrogen) atoms. The van der Waals surface area contributed by atoms with Gasteiger partial charge in [0.2, 0.25) is 0 Å². The van der Waals surface area contributed by atoms with E-state index in [1.165, 1.54) is 0 Å². The standard InChI is InChI=1S/C9H8ClNO2/c10-7-6-9(12)13-11-8-4-2-1-3-5-8/h1-7,11H/b7-6-. The van der Waals surface area contributed by atoms with Gasteiger partial charge in [-0.1, -0.05) is 29.8 Å². The zero-order chi connectivity index (χ0) is 9.52. The Kier molecular flexibility index (Phi) is 3.85. The first-order valence-electron chi connectivity index (χ1n) is 3.61. The summed E-state index contributed by atoms with van der Waals surface area (Å²) in [4.78, 5) is 15.4. The summed E-state index contributed by atoms with van der Waals surface area (Å²) in [7, 11) is 0. The topological polar surface area (TPSA) is 38.3 Å². The van der Waals surface area contributed by atoms with Gasteiger partial charge in [0.25, 0.3) is 0 Å². The molecule has 1 aromatic rings. The molecule has 0 spiro atoms. The molecular weight excluding hydrogens is 190 g/mol. The highest BCUT2D eigenvalue weighted by molar-refractivity contribution is 6.26. The molecule has 1 aromatic carbocycles. The van der Waals surface area contributed by atoms with Crippen LogP contribution in [-0.4, -0.2) is 5.97 Å². The van der Waals surface area contributed by atoms with Gasteiger partial charge in [0.1, 0.15) is 0 Å². The third kappa shape index (κ3) is 3.62. The van der Waals surface area contributed by atoms with E-state index in [1.807, 2.05) is 18.2 Å². The third-order valence-electron chi connectivity index (χ3n) is 1.24. The Bertz CT molecular complexity index is 298. The summed E-state index contributed by atoms with van der Waals surface area (Å²) in [6.45, 7) is 0. The first kappa shape index (κ1) is 9.61. The van der Waals surface area contributed by atoms with Crippen LogP contribution in [0.3, 0.4) is 0 Å². The Hall–Kier alpha value is -1.48. The lowest BCUT2D eigenvalue weighted by Gasteiger charge is -2.03. The molecule has 0 aromatic heterocycles. The van der Waals surface area contributed by atoms with Crippen molar-refractivity contribution in [1.82, 2.24) is 0 Å². The highest BCUT2D eigenvalue weighted by Gasteiger charge is 1.95. The Labute approximate surface area is 80.9 Å². The fraction of sp³-hybridized carbons (Fsp3) is 0. The maximum absolute atomic E-state index is 10.8. The minimum absolute atomic E-state index is 0.543. The number of carbonyl (C=O) groups is 1. The molecular formula is C9H8ClNO2. The van der Waals surface area contributed by atoms with Gasteiger partial charge in [-0.15, -0.1) is 0 Å². The number of para-hydroxylation sites is 1. The Morgan fingerprint density at radius 3 is 2.69 bits per heavy atom. The summed E-state index contributed by atoms with van der Waals surface area (Å²) in [6, 6.07) is 9.07. The Morgan fingerprint density at radius 2 is 2.08 bits per heavy atom. The minimum atomic E-state index is -0.543. The third-order valence-corrected chi connectivity index (χ3v) is 1.37. The van der Waals surface area contributed by atoms with Crippen LogP contribution in [-0.2, 0) is 9.63 Å². The van der Waals surface area contributed by atoms with Crippen LogP contribution < -0.4 is 5.48 Å². The molecule has 0 heterocycles. The number of rotatable bonds is 3. The number of nitrogens with one attached hydrogen (secondary N) is 1. The molecule has 0 fully saturated rings. The van der Waals surface area contributed by atoms with Crippen LogP contribution in [0.1, 0.15) is 0 Å². The van der Waals surface area contributed by atoms with E-state index in [-0.39, 0.29) is 0 Å². The average molecular weight is 198 g/mol. The van der Waals surface area contributed by atoms with E-state index in [4.69, 9.17) is 11.6 Å². The summed E-state index contributed by atoms with van der Waals surface area (Å²) in [5.41, 5.74) is 4.27. The molecule has 0 aliphatic rings. The van der Waals surface area contributed by atoms with Crippen molar-refractivity contribution in [3.8, 4) is 0 Å². The van der Waals surface area contributed by atoms with Crippen LogP contribution in [0.4, 0.5) is 5.69 Å². The van der Waals surface area contributed by atoms with Gasteiger partial charge in [0, 0.05) is 11.6 Å². The number of benzene rings is 1. The largest absolute Gasteiger partial charge is 0.356 e. The lowest BCUT2D eigenvalue weighted by atomic mass is 10.3. The fourth-order valence-corrected chi connectivity index (χ4v) is 0.804. The number of hydrogen-bond acceptors (Lipinski definition) is 3. The molecule has 0 saturated carbocycles. The van der Waals surface area contributed by atoms with Crippen LogP contribution in [0.2, 0.25) is 0 Å². The van der Waals surface area contributed by atoms with E-state index in [2.05, 4.69) is 10.3 Å². The van der Waals surface area contributed by atoms with E-state index in [9.17, 15) is 4.79 Å². The molecule has 1 N–H and O–H groups in total. The first-order chi connectivity index (χ1) is 6.33. The number of hydrogen-bond donors (Lipinski definition) is 1. The molecule has 0 atom stereocenters. The summed E-state index contributed by atoms with van der Waals surface area (Å²) in [5, 5.41) is 0. The lowest BCUT2D eigenvalue weighted by Crippen LogP contribution is -2.06. The van der Waals surface area contributed by atoms with Gasteiger partial charge in [0.05, 0.1) is 5.69 Å². The summed E-state index contributed by atoms with van der Waals surface area (Å²) in [6.07, 6.45) is 1.11. The van der Waals surface area contributed by atoms with Crippen LogP contribution in [0.25, 0.3) is 0 Å². The summed E-state index contributed by atoms with van der Waals surface area (Å²) >= 11 is 5.17. The molecule has 0 radical (unpaired) electrons. The van der Waals surface area contributed by atoms with Crippen LogP contribution >= 0.6 is 11.6 Å². The lowest BCUT2D eigenvalue weighted by molar-refractivity contribution is -0.134. The minimum Gasteiger partial charge on any atom is -0.339 e. The van der Waals surface area contributed by atoms with Crippen molar-refractivity contribution in [1.29, 1.82) is 0 Å². The van der Waals surface area contributed by atoms with Gasteiger partial charge in [-0.05, 0) is 12.1 Å². The van der Waals surface area contributed by atoms with Crippen molar-refractivity contribution < 1.29 is 9.63 Å². The van der Waals surface area contributed by atoms with Gasteiger partial charge in [-0.3, -0.25) is 0 Å². The Balaban J connectivity index is 2.40. The quantitative estimate of drug-likeness (QED) is 0.597. The first-order valence-corrected chi connectivity index (χ1v) is 4.05. The van der Waals surface area contributed by atoms with Crippen LogP contribution in [0, 0.1) is 0 Å². The van der Waals surface area contributed by atoms with Gasteiger partial charge < -0.3 is 4.84 Å². The zero-order valence-corrected chi connectivity index (χ0v) is 7.49. The van der Waals surface area contributed by atoms with Crippen molar-refractivity contribution in [2.45, 2.75) is 0 Å². The van der Waals surface area contributed by atoms with Crippen molar-refractivity contribution in [3.05, 3.63) is 41.9 Å². The molecule has 0 aliphatic heterocycles. The number of halogens is 1. The second-order valence-electron chi connectivity index (χ2n) is 2.18. The number of carbonyl (C=O) groups excluding carboxylic acids is 1. The summed E-state index contributed by atoms with van der Waals surface area (Å²) in [5.74, 6) is -0.543. The Morgan fingerprint density at radius 1 is 1.38 bits per heavy atom. The predicted molar refractivity (Wildman–Crippen MR) is 51.1 cm³/mol. The molecule has 0 bridgehead atoms. The molecule has 0 aliphatic carbocycles. The normalized spacial score (nSPS) is 9.92. The van der Waals surface area contributed by atoms with E-state index in [0.29, 0.717) is 5.69 Å². The van der Waals surface area contributed by atoms with E-state index in [1.54, 1.807) is 12.1 Å². The van der Waals surface area contributed by atoms with Crippen molar-refractivity contribution in [2.24, 2.45) is 0 Å². The molecule has 4 heteroatoms. The maximum Gasteiger partial charge on any atom is 0.356 e. The van der Waals surface area contributed by atoms with E-state index in [0.717, 1.165) is 11.6 Å². The van der Waals surface area contributed by atoms with Gasteiger partial charge >= 0.3 is 5.97 Å². The van der Waals surface area contributed by atoms with Gasteiger partial charge in [-0.25, -0.2) is 10.3 Å². The van der Waals surface area contributed by atoms with E-state index < -0.39 is 5.97 Å². The second-order valence-corrected chi connectivity index (χ2v) is 2.43. The molecule has 1 rings (SSSR count). The van der Waals surface area contributed by atoms with Crippen LogP contribution in [0.5, 0.6) is 0 Å². The van der Waals surface area contributed by atoms with E-state index >= 15 is 0 Å². The fourth-order valence-electron chi connectivity index (χ4n) is 0.701. The molecule has 0 amide bonds.